The van der Waals surface area contributed by atoms with Gasteiger partial charge in [0.05, 0.1) is 6.54 Å². The number of likely N-dealkylation sites (tertiary alicyclic amines) is 1. The van der Waals surface area contributed by atoms with Gasteiger partial charge < -0.3 is 9.80 Å². The van der Waals surface area contributed by atoms with Gasteiger partial charge in [0.15, 0.2) is 0 Å². The first-order chi connectivity index (χ1) is 15.2. The average Bonchev–Trinajstić information content (AvgIpc) is 3.30. The largest absolute Gasteiger partial charge is 0.335 e. The summed E-state index contributed by atoms with van der Waals surface area (Å²) in [5, 5.41) is 0. The number of nitrogens with zero attached hydrogens (tertiary/aromatic N) is 4. The van der Waals surface area contributed by atoms with Gasteiger partial charge in [-0.2, -0.15) is 0 Å². The molecule has 0 unspecified atom stereocenters. The number of amides is 2. The van der Waals surface area contributed by atoms with Crippen LogP contribution in [0.4, 0.5) is 0 Å². The third-order valence-corrected chi connectivity index (χ3v) is 6.16. The van der Waals surface area contributed by atoms with Crippen LogP contribution in [0.15, 0.2) is 61.4 Å². The molecule has 0 aliphatic carbocycles. The van der Waals surface area contributed by atoms with Gasteiger partial charge in [-0.3, -0.25) is 19.5 Å². The Labute approximate surface area is 184 Å². The van der Waals surface area contributed by atoms with Crippen LogP contribution in [0.5, 0.6) is 0 Å². The lowest BCUT2D eigenvalue weighted by Crippen LogP contribution is -2.60. The van der Waals surface area contributed by atoms with Crippen molar-refractivity contribution in [3.63, 3.8) is 0 Å². The fraction of sp³-hybridized carbons (Fsp3) is 0.400. The Morgan fingerprint density at radius 1 is 1.10 bits per heavy atom. The molecular formula is C25H30N4O2. The van der Waals surface area contributed by atoms with Gasteiger partial charge >= 0.3 is 0 Å². The van der Waals surface area contributed by atoms with E-state index in [2.05, 4.69) is 22.5 Å². The van der Waals surface area contributed by atoms with Crippen LogP contribution in [-0.2, 0) is 16.0 Å². The zero-order chi connectivity index (χ0) is 21.6. The van der Waals surface area contributed by atoms with E-state index in [-0.39, 0.29) is 11.8 Å². The summed E-state index contributed by atoms with van der Waals surface area (Å²) in [6.45, 7) is 7.76. The molecule has 0 saturated carbocycles. The molecule has 1 atom stereocenters. The van der Waals surface area contributed by atoms with Crippen LogP contribution in [0, 0.1) is 0 Å². The number of rotatable bonds is 7. The predicted octanol–water partition coefficient (Wildman–Crippen LogP) is 2.61. The van der Waals surface area contributed by atoms with E-state index in [1.54, 1.807) is 17.2 Å². The second-order valence-electron chi connectivity index (χ2n) is 8.31. The van der Waals surface area contributed by atoms with E-state index in [9.17, 15) is 9.59 Å². The first kappa shape index (κ1) is 21.2. The Balaban J connectivity index is 1.55. The van der Waals surface area contributed by atoms with Crippen LogP contribution >= 0.6 is 0 Å². The third-order valence-electron chi connectivity index (χ3n) is 6.16. The molecule has 1 aromatic heterocycles. The van der Waals surface area contributed by atoms with Crippen molar-refractivity contribution in [1.82, 2.24) is 19.7 Å². The molecule has 0 bridgehead atoms. The topological polar surface area (TPSA) is 56.8 Å². The lowest BCUT2D eigenvalue weighted by molar-refractivity contribution is -0.151. The molecule has 2 aromatic rings. The van der Waals surface area contributed by atoms with Crippen LogP contribution in [0.25, 0.3) is 11.1 Å². The summed E-state index contributed by atoms with van der Waals surface area (Å²) in [5.41, 5.74) is 3.14. The SMILES string of the molecule is C=CCN1CCN(C(=O)CN2CCCC2)[C@@H](Cc2cccc(-c3cccnc3)c2)C1=O. The summed E-state index contributed by atoms with van der Waals surface area (Å²) >= 11 is 0. The standard InChI is InChI=1S/C25H30N4O2/c1-2-11-28-14-15-29(24(30)19-27-12-3-4-13-27)23(25(28)31)17-20-7-5-8-21(16-20)22-9-6-10-26-18-22/h2,5-10,16,18,23H,1,3-4,11-15,17,19H2/t23-/m0/s1. The highest BCUT2D eigenvalue weighted by Gasteiger charge is 2.37. The zero-order valence-electron chi connectivity index (χ0n) is 17.9. The van der Waals surface area contributed by atoms with Crippen molar-refractivity contribution < 1.29 is 9.59 Å². The number of benzene rings is 1. The van der Waals surface area contributed by atoms with E-state index < -0.39 is 6.04 Å². The molecule has 4 rings (SSSR count). The van der Waals surface area contributed by atoms with Crippen molar-refractivity contribution in [3.8, 4) is 11.1 Å². The van der Waals surface area contributed by atoms with Crippen LogP contribution in [-0.4, -0.2) is 76.8 Å². The van der Waals surface area contributed by atoms with Crippen LogP contribution in [0.2, 0.25) is 0 Å². The Morgan fingerprint density at radius 3 is 2.65 bits per heavy atom. The van der Waals surface area contributed by atoms with Gasteiger partial charge in [-0.25, -0.2) is 0 Å². The molecule has 6 nitrogen and oxygen atoms in total. The summed E-state index contributed by atoms with van der Waals surface area (Å²) in [4.78, 5) is 36.4. The van der Waals surface area contributed by atoms with Crippen molar-refractivity contribution in [2.45, 2.75) is 25.3 Å². The van der Waals surface area contributed by atoms with Gasteiger partial charge in [-0.1, -0.05) is 36.4 Å². The molecule has 2 amide bonds. The fourth-order valence-corrected chi connectivity index (χ4v) is 4.53. The highest BCUT2D eigenvalue weighted by atomic mass is 16.2. The second-order valence-corrected chi connectivity index (χ2v) is 8.31. The van der Waals surface area contributed by atoms with Gasteiger partial charge in [-0.05, 0) is 48.7 Å². The second kappa shape index (κ2) is 9.88. The van der Waals surface area contributed by atoms with Crippen molar-refractivity contribution in [2.75, 3.05) is 39.3 Å². The number of carbonyl (C=O) groups is 2. The molecule has 0 spiro atoms. The van der Waals surface area contributed by atoms with Crippen molar-refractivity contribution >= 4 is 11.8 Å². The van der Waals surface area contributed by atoms with Crippen LogP contribution in [0.1, 0.15) is 18.4 Å². The lowest BCUT2D eigenvalue weighted by atomic mass is 9.97. The molecule has 2 saturated heterocycles. The minimum Gasteiger partial charge on any atom is -0.335 e. The normalized spacial score (nSPS) is 19.6. The van der Waals surface area contributed by atoms with E-state index in [0.29, 0.717) is 32.6 Å². The summed E-state index contributed by atoms with van der Waals surface area (Å²) < 4.78 is 0. The van der Waals surface area contributed by atoms with Crippen molar-refractivity contribution in [2.24, 2.45) is 0 Å². The molecule has 6 heteroatoms. The number of hydrogen-bond donors (Lipinski definition) is 0. The van der Waals surface area contributed by atoms with Crippen LogP contribution in [0.3, 0.4) is 0 Å². The van der Waals surface area contributed by atoms with Gasteiger partial charge in [0, 0.05) is 38.4 Å². The maximum atomic E-state index is 13.3. The predicted molar refractivity (Wildman–Crippen MR) is 121 cm³/mol. The van der Waals surface area contributed by atoms with E-state index in [1.807, 2.05) is 41.4 Å². The third kappa shape index (κ3) is 5.02. The molecule has 0 N–H and O–H groups in total. The number of carbonyl (C=O) groups excluding carboxylic acids is 2. The van der Waals surface area contributed by atoms with Crippen LogP contribution < -0.4 is 0 Å². The number of hydrogen-bond acceptors (Lipinski definition) is 4. The first-order valence-electron chi connectivity index (χ1n) is 11.1. The van der Waals surface area contributed by atoms with E-state index in [1.165, 1.54) is 0 Å². The Morgan fingerprint density at radius 2 is 1.90 bits per heavy atom. The van der Waals surface area contributed by atoms with E-state index in [0.717, 1.165) is 42.6 Å². The monoisotopic (exact) mass is 418 g/mol. The Hall–Kier alpha value is -2.99. The quantitative estimate of drug-likeness (QED) is 0.649. The molecule has 2 aliphatic rings. The molecular weight excluding hydrogens is 388 g/mol. The fourth-order valence-electron chi connectivity index (χ4n) is 4.53. The molecule has 31 heavy (non-hydrogen) atoms. The number of aromatic nitrogens is 1. The zero-order valence-corrected chi connectivity index (χ0v) is 17.9. The first-order valence-corrected chi connectivity index (χ1v) is 11.1. The molecule has 3 heterocycles. The minimum atomic E-state index is -0.479. The lowest BCUT2D eigenvalue weighted by Gasteiger charge is -2.41. The van der Waals surface area contributed by atoms with Crippen molar-refractivity contribution in [1.29, 1.82) is 0 Å². The maximum absolute atomic E-state index is 13.3. The molecule has 2 fully saturated rings. The average molecular weight is 419 g/mol. The molecule has 0 radical (unpaired) electrons. The minimum absolute atomic E-state index is 0.00713. The highest BCUT2D eigenvalue weighted by molar-refractivity contribution is 5.90. The molecule has 162 valence electrons. The summed E-state index contributed by atoms with van der Waals surface area (Å²) in [5.74, 6) is 0.0645. The number of pyridine rings is 1. The van der Waals surface area contributed by atoms with E-state index in [4.69, 9.17) is 0 Å². The highest BCUT2D eigenvalue weighted by Crippen LogP contribution is 2.23. The van der Waals surface area contributed by atoms with Gasteiger partial charge in [-0.15, -0.1) is 6.58 Å². The molecule has 2 aliphatic heterocycles. The van der Waals surface area contributed by atoms with Gasteiger partial charge in [0.1, 0.15) is 6.04 Å². The molecule has 1 aromatic carbocycles. The summed E-state index contributed by atoms with van der Waals surface area (Å²) in [6.07, 6.45) is 8.13. The smallest absolute Gasteiger partial charge is 0.246 e. The van der Waals surface area contributed by atoms with Gasteiger partial charge in [0.2, 0.25) is 11.8 Å². The Bertz CT molecular complexity index is 924. The summed E-state index contributed by atoms with van der Waals surface area (Å²) in [7, 11) is 0. The Kier molecular flexibility index (Phi) is 6.77. The maximum Gasteiger partial charge on any atom is 0.246 e. The summed E-state index contributed by atoms with van der Waals surface area (Å²) in [6, 6.07) is 11.6. The van der Waals surface area contributed by atoms with Crippen molar-refractivity contribution in [3.05, 3.63) is 67.0 Å². The number of piperazine rings is 1. The van der Waals surface area contributed by atoms with Gasteiger partial charge in [0.25, 0.3) is 0 Å². The van der Waals surface area contributed by atoms with E-state index >= 15 is 0 Å².